The van der Waals surface area contributed by atoms with E-state index >= 15 is 0 Å². The summed E-state index contributed by atoms with van der Waals surface area (Å²) in [5.74, 6) is 0.910. The number of hydrogen-bond donors (Lipinski definition) is 2. The van der Waals surface area contributed by atoms with Crippen LogP contribution in [-0.4, -0.2) is 20.6 Å². The number of nitrogens with one attached hydrogen (secondary N) is 2. The number of hydrogen-bond acceptors (Lipinski definition) is 4. The normalized spacial score (nSPS) is 11.3. The third kappa shape index (κ3) is 6.49. The maximum atomic E-state index is 12.3. The van der Waals surface area contributed by atoms with Gasteiger partial charge >= 0.3 is 0 Å². The van der Waals surface area contributed by atoms with E-state index in [9.17, 15) is 13.2 Å². The molecular formula is C23H22N2O4S. The first-order valence-electron chi connectivity index (χ1n) is 9.19. The molecule has 0 aromatic heterocycles. The van der Waals surface area contributed by atoms with Crippen LogP contribution in [0.5, 0.6) is 11.5 Å². The summed E-state index contributed by atoms with van der Waals surface area (Å²) in [5, 5.41) is 2.81. The number of sulfonamides is 1. The van der Waals surface area contributed by atoms with Crippen LogP contribution in [0.15, 0.2) is 78.9 Å². The number of benzene rings is 3. The third-order valence-corrected chi connectivity index (χ3v) is 4.64. The van der Waals surface area contributed by atoms with E-state index in [-0.39, 0.29) is 5.91 Å². The second-order valence-electron chi connectivity index (χ2n) is 6.73. The largest absolute Gasteiger partial charge is 0.455 e. The molecule has 2 N–H and O–H groups in total. The second kappa shape index (κ2) is 9.28. The van der Waals surface area contributed by atoms with Gasteiger partial charge in [0.15, 0.2) is 5.75 Å². The first-order chi connectivity index (χ1) is 14.3. The summed E-state index contributed by atoms with van der Waals surface area (Å²) < 4.78 is 30.8. The van der Waals surface area contributed by atoms with Gasteiger partial charge in [-0.3, -0.25) is 9.52 Å². The lowest BCUT2D eigenvalue weighted by Gasteiger charge is -2.11. The predicted molar refractivity (Wildman–Crippen MR) is 120 cm³/mol. The number of para-hydroxylation sites is 2. The molecule has 0 aliphatic heterocycles. The van der Waals surface area contributed by atoms with E-state index in [0.717, 1.165) is 17.4 Å². The van der Waals surface area contributed by atoms with Gasteiger partial charge in [-0.05, 0) is 55.0 Å². The van der Waals surface area contributed by atoms with E-state index in [1.54, 1.807) is 42.5 Å². The molecule has 30 heavy (non-hydrogen) atoms. The highest BCUT2D eigenvalue weighted by Crippen LogP contribution is 2.29. The van der Waals surface area contributed by atoms with Crippen molar-refractivity contribution in [2.45, 2.75) is 6.92 Å². The first-order valence-corrected chi connectivity index (χ1v) is 11.1. The molecule has 0 fully saturated rings. The Morgan fingerprint density at radius 1 is 0.933 bits per heavy atom. The Labute approximate surface area is 176 Å². The van der Waals surface area contributed by atoms with Crippen molar-refractivity contribution in [2.75, 3.05) is 16.3 Å². The van der Waals surface area contributed by atoms with Gasteiger partial charge in [0.1, 0.15) is 5.75 Å². The maximum absolute atomic E-state index is 12.3. The minimum Gasteiger partial charge on any atom is -0.455 e. The molecule has 0 aliphatic carbocycles. The molecule has 3 rings (SSSR count). The zero-order chi connectivity index (χ0) is 21.6. The van der Waals surface area contributed by atoms with Gasteiger partial charge in [-0.2, -0.15) is 0 Å². The first kappa shape index (κ1) is 21.1. The molecule has 0 atom stereocenters. The van der Waals surface area contributed by atoms with Crippen molar-refractivity contribution in [2.24, 2.45) is 0 Å². The molecule has 0 heterocycles. The Balaban J connectivity index is 1.65. The van der Waals surface area contributed by atoms with Crippen LogP contribution in [0.3, 0.4) is 0 Å². The molecule has 3 aromatic carbocycles. The van der Waals surface area contributed by atoms with Crippen molar-refractivity contribution >= 4 is 33.4 Å². The van der Waals surface area contributed by atoms with Crippen LogP contribution in [-0.2, 0) is 14.8 Å². The molecule has 154 valence electrons. The van der Waals surface area contributed by atoms with Gasteiger partial charge in [-0.1, -0.05) is 42.0 Å². The fourth-order valence-electron chi connectivity index (χ4n) is 2.61. The minimum absolute atomic E-state index is 0.312. The summed E-state index contributed by atoms with van der Waals surface area (Å²) in [5.41, 5.74) is 2.91. The number of aryl methyl sites for hydroxylation is 1. The lowest BCUT2D eigenvalue weighted by atomic mass is 10.2. The second-order valence-corrected chi connectivity index (χ2v) is 8.48. The Morgan fingerprint density at radius 3 is 2.27 bits per heavy atom. The topological polar surface area (TPSA) is 84.5 Å². The van der Waals surface area contributed by atoms with Crippen molar-refractivity contribution < 1.29 is 17.9 Å². The monoisotopic (exact) mass is 422 g/mol. The van der Waals surface area contributed by atoms with Gasteiger partial charge in [-0.15, -0.1) is 0 Å². The Morgan fingerprint density at radius 2 is 1.60 bits per heavy atom. The summed E-state index contributed by atoms with van der Waals surface area (Å²) in [4.78, 5) is 12.3. The number of carbonyl (C=O) groups excluding carboxylic acids is 1. The highest BCUT2D eigenvalue weighted by Gasteiger charge is 2.07. The van der Waals surface area contributed by atoms with Crippen molar-refractivity contribution in [3.05, 3.63) is 90.0 Å². The quantitative estimate of drug-likeness (QED) is 0.535. The van der Waals surface area contributed by atoms with Crippen molar-refractivity contribution in [3.63, 3.8) is 0 Å². The summed E-state index contributed by atoms with van der Waals surface area (Å²) in [6.07, 6.45) is 4.14. The third-order valence-electron chi connectivity index (χ3n) is 4.03. The summed E-state index contributed by atoms with van der Waals surface area (Å²) in [6, 6.07) is 21.5. The Kier molecular flexibility index (Phi) is 6.54. The lowest BCUT2D eigenvalue weighted by molar-refractivity contribution is -0.111. The average molecular weight is 423 g/mol. The zero-order valence-electron chi connectivity index (χ0n) is 16.6. The van der Waals surface area contributed by atoms with Gasteiger partial charge in [0.25, 0.3) is 0 Å². The summed E-state index contributed by atoms with van der Waals surface area (Å²) in [7, 11) is -3.32. The van der Waals surface area contributed by atoms with Crippen molar-refractivity contribution in [1.82, 2.24) is 0 Å². The van der Waals surface area contributed by atoms with E-state index in [1.807, 2.05) is 43.3 Å². The minimum atomic E-state index is -3.32. The molecule has 7 heteroatoms. The number of amides is 1. The molecule has 0 radical (unpaired) electrons. The highest BCUT2D eigenvalue weighted by molar-refractivity contribution is 7.92. The van der Waals surface area contributed by atoms with Gasteiger partial charge in [0.05, 0.1) is 11.9 Å². The van der Waals surface area contributed by atoms with Gasteiger partial charge in [0.2, 0.25) is 15.9 Å². The van der Waals surface area contributed by atoms with E-state index in [1.165, 1.54) is 6.08 Å². The SMILES string of the molecule is Cc1ccc(Oc2ccccc2NC(=O)/C=C/c2ccc(NS(C)(=O)=O)cc2)cc1. The molecule has 0 bridgehead atoms. The number of rotatable bonds is 7. The molecule has 0 spiro atoms. The van der Waals surface area contributed by atoms with Crippen LogP contribution < -0.4 is 14.8 Å². The van der Waals surface area contributed by atoms with Gasteiger partial charge in [0, 0.05) is 11.8 Å². The molecule has 0 unspecified atom stereocenters. The van der Waals surface area contributed by atoms with Crippen molar-refractivity contribution in [3.8, 4) is 11.5 Å². The highest BCUT2D eigenvalue weighted by atomic mass is 32.2. The van der Waals surface area contributed by atoms with E-state index in [4.69, 9.17) is 4.74 Å². The summed E-state index contributed by atoms with van der Waals surface area (Å²) >= 11 is 0. The number of ether oxygens (including phenoxy) is 1. The lowest BCUT2D eigenvalue weighted by Crippen LogP contribution is -2.09. The van der Waals surface area contributed by atoms with Crippen LogP contribution in [0.2, 0.25) is 0 Å². The molecule has 6 nitrogen and oxygen atoms in total. The standard InChI is InChI=1S/C23H22N2O4S/c1-17-7-14-20(15-8-17)29-22-6-4-3-5-21(22)24-23(26)16-11-18-9-12-19(13-10-18)25-30(2,27)28/h3-16,25H,1-2H3,(H,24,26)/b16-11+. The molecule has 0 aliphatic rings. The summed E-state index contributed by atoms with van der Waals surface area (Å²) in [6.45, 7) is 2.00. The molecule has 1 amide bonds. The Hall–Kier alpha value is -3.58. The van der Waals surface area contributed by atoms with Crippen LogP contribution in [0.25, 0.3) is 6.08 Å². The molecular weight excluding hydrogens is 400 g/mol. The van der Waals surface area contributed by atoms with E-state index in [0.29, 0.717) is 22.9 Å². The Bertz CT molecular complexity index is 1150. The van der Waals surface area contributed by atoms with Crippen LogP contribution in [0.4, 0.5) is 11.4 Å². The van der Waals surface area contributed by atoms with E-state index < -0.39 is 10.0 Å². The smallest absolute Gasteiger partial charge is 0.248 e. The predicted octanol–water partition coefficient (Wildman–Crippen LogP) is 4.81. The number of carbonyl (C=O) groups is 1. The maximum Gasteiger partial charge on any atom is 0.248 e. The van der Waals surface area contributed by atoms with Gasteiger partial charge in [-0.25, -0.2) is 8.42 Å². The molecule has 0 saturated heterocycles. The van der Waals surface area contributed by atoms with Crippen LogP contribution in [0.1, 0.15) is 11.1 Å². The number of anilines is 2. The van der Waals surface area contributed by atoms with Crippen molar-refractivity contribution in [1.29, 1.82) is 0 Å². The fraction of sp³-hybridized carbons (Fsp3) is 0.0870. The fourth-order valence-corrected chi connectivity index (χ4v) is 3.18. The average Bonchev–Trinajstić information content (AvgIpc) is 2.69. The van der Waals surface area contributed by atoms with E-state index in [2.05, 4.69) is 10.0 Å². The molecule has 3 aromatic rings. The van der Waals surface area contributed by atoms with Gasteiger partial charge < -0.3 is 10.1 Å². The molecule has 0 saturated carbocycles. The zero-order valence-corrected chi connectivity index (χ0v) is 17.4. The van der Waals surface area contributed by atoms with Crippen LogP contribution >= 0.6 is 0 Å². The van der Waals surface area contributed by atoms with Crippen LogP contribution in [0, 0.1) is 6.92 Å².